The third kappa shape index (κ3) is 4.99. The van der Waals surface area contributed by atoms with E-state index >= 15 is 0 Å². The van der Waals surface area contributed by atoms with Gasteiger partial charge in [-0.25, -0.2) is 9.40 Å². The molecule has 4 rings (SSSR count). The highest BCUT2D eigenvalue weighted by Gasteiger charge is 2.37. The van der Waals surface area contributed by atoms with Crippen LogP contribution in [0.5, 0.6) is 0 Å². The summed E-state index contributed by atoms with van der Waals surface area (Å²) in [5.41, 5.74) is 2.47. The molecule has 2 aromatic rings. The van der Waals surface area contributed by atoms with Gasteiger partial charge < -0.3 is 9.64 Å². The van der Waals surface area contributed by atoms with Gasteiger partial charge in [0.1, 0.15) is 12.4 Å². The van der Waals surface area contributed by atoms with Crippen LogP contribution < -0.4 is 0 Å². The van der Waals surface area contributed by atoms with Gasteiger partial charge in [-0.15, -0.1) is 0 Å². The highest BCUT2D eigenvalue weighted by atomic mass is 19.1. The Kier molecular flexibility index (Phi) is 6.42. The minimum atomic E-state index is -0.317. The van der Waals surface area contributed by atoms with Crippen LogP contribution in [-0.2, 0) is 14.3 Å². The molecule has 2 aromatic carbocycles. The van der Waals surface area contributed by atoms with Gasteiger partial charge in [0, 0.05) is 26.0 Å². The molecule has 0 unspecified atom stereocenters. The molecule has 6 nitrogen and oxygen atoms in total. The number of ether oxygens (including phenoxy) is 1. The Labute approximate surface area is 181 Å². The third-order valence-electron chi connectivity index (χ3n) is 5.66. The third-order valence-corrected chi connectivity index (χ3v) is 5.66. The number of amides is 2. The van der Waals surface area contributed by atoms with Crippen molar-refractivity contribution in [2.24, 2.45) is 11.0 Å². The van der Waals surface area contributed by atoms with Crippen LogP contribution in [0.3, 0.4) is 0 Å². The monoisotopic (exact) mass is 423 g/mol. The van der Waals surface area contributed by atoms with Gasteiger partial charge in [0.25, 0.3) is 5.91 Å². The summed E-state index contributed by atoms with van der Waals surface area (Å²) in [6.45, 7) is 0.704. The molecule has 7 heteroatoms. The standard InChI is InChI=1S/C24H26FN3O3/c1-31-14-13-27(24(30)19-7-8-19)16-23(29)28-22(18-5-3-2-4-6-18)15-21(26-28)17-9-11-20(25)12-10-17/h2-6,9-12,19,22H,7-8,13-16H2,1H3/t22-/m0/s1. The first-order valence-electron chi connectivity index (χ1n) is 10.5. The SMILES string of the molecule is COCCN(CC(=O)N1N=C(c2ccc(F)cc2)C[C@H]1c1ccccc1)C(=O)C1CC1. The highest BCUT2D eigenvalue weighted by molar-refractivity contribution is 6.03. The zero-order valence-electron chi connectivity index (χ0n) is 17.5. The number of carbonyl (C=O) groups is 2. The van der Waals surface area contributed by atoms with E-state index in [1.807, 2.05) is 30.3 Å². The largest absolute Gasteiger partial charge is 0.383 e. The molecule has 0 saturated heterocycles. The summed E-state index contributed by atoms with van der Waals surface area (Å²) in [6.07, 6.45) is 2.27. The van der Waals surface area contributed by atoms with Crippen molar-refractivity contribution in [3.8, 4) is 0 Å². The molecule has 0 spiro atoms. The average molecular weight is 423 g/mol. The number of hydrazone groups is 1. The van der Waals surface area contributed by atoms with Gasteiger partial charge in [-0.05, 0) is 36.1 Å². The normalized spacial score (nSPS) is 18.1. The lowest BCUT2D eigenvalue weighted by Crippen LogP contribution is -2.43. The molecule has 31 heavy (non-hydrogen) atoms. The second kappa shape index (κ2) is 9.39. The van der Waals surface area contributed by atoms with Crippen LogP contribution in [0.15, 0.2) is 59.7 Å². The average Bonchev–Trinajstić information content (AvgIpc) is 3.55. The molecule has 162 valence electrons. The molecule has 1 saturated carbocycles. The van der Waals surface area contributed by atoms with Crippen molar-refractivity contribution < 1.29 is 18.7 Å². The minimum Gasteiger partial charge on any atom is -0.383 e. The number of hydrogen-bond donors (Lipinski definition) is 0. The quantitative estimate of drug-likeness (QED) is 0.654. The van der Waals surface area contributed by atoms with Crippen LogP contribution in [0.25, 0.3) is 0 Å². The number of nitrogens with zero attached hydrogens (tertiary/aromatic N) is 3. The molecule has 2 aliphatic rings. The summed E-state index contributed by atoms with van der Waals surface area (Å²) in [5.74, 6) is -0.534. The Bertz CT molecular complexity index is 958. The van der Waals surface area contributed by atoms with Crippen LogP contribution in [0.1, 0.15) is 36.4 Å². The molecule has 1 aliphatic heterocycles. The van der Waals surface area contributed by atoms with E-state index in [9.17, 15) is 14.0 Å². The lowest BCUT2D eigenvalue weighted by atomic mass is 9.98. The first-order valence-corrected chi connectivity index (χ1v) is 10.5. The molecule has 0 N–H and O–H groups in total. The summed E-state index contributed by atoms with van der Waals surface area (Å²) >= 11 is 0. The number of benzene rings is 2. The molecule has 1 atom stereocenters. The van der Waals surface area contributed by atoms with Gasteiger partial charge in [-0.3, -0.25) is 9.59 Å². The second-order valence-electron chi connectivity index (χ2n) is 7.95. The lowest BCUT2D eigenvalue weighted by Gasteiger charge is -2.27. The predicted octanol–water partition coefficient (Wildman–Crippen LogP) is 3.39. The van der Waals surface area contributed by atoms with E-state index in [4.69, 9.17) is 4.74 Å². The summed E-state index contributed by atoms with van der Waals surface area (Å²) in [7, 11) is 1.58. The van der Waals surface area contributed by atoms with Crippen molar-refractivity contribution in [3.05, 3.63) is 71.5 Å². The first-order chi connectivity index (χ1) is 15.1. The molecule has 1 aliphatic carbocycles. The zero-order valence-corrected chi connectivity index (χ0v) is 17.5. The molecule has 2 amide bonds. The zero-order chi connectivity index (χ0) is 21.8. The van der Waals surface area contributed by atoms with Crippen molar-refractivity contribution in [1.29, 1.82) is 0 Å². The van der Waals surface area contributed by atoms with Crippen molar-refractivity contribution in [1.82, 2.24) is 9.91 Å². The molecule has 1 heterocycles. The number of rotatable bonds is 8. The van der Waals surface area contributed by atoms with Gasteiger partial charge in [-0.1, -0.05) is 42.5 Å². The Morgan fingerprint density at radius 3 is 2.48 bits per heavy atom. The van der Waals surface area contributed by atoms with E-state index in [1.165, 1.54) is 17.1 Å². The van der Waals surface area contributed by atoms with E-state index in [0.717, 1.165) is 29.7 Å². The van der Waals surface area contributed by atoms with Crippen LogP contribution in [0, 0.1) is 11.7 Å². The fourth-order valence-corrected chi connectivity index (χ4v) is 3.78. The topological polar surface area (TPSA) is 62.2 Å². The van der Waals surface area contributed by atoms with E-state index in [-0.39, 0.29) is 36.1 Å². The van der Waals surface area contributed by atoms with Crippen LogP contribution >= 0.6 is 0 Å². The first kappa shape index (κ1) is 21.2. The maximum absolute atomic E-state index is 13.4. The van der Waals surface area contributed by atoms with Crippen LogP contribution in [0.4, 0.5) is 4.39 Å². The van der Waals surface area contributed by atoms with Gasteiger partial charge in [0.15, 0.2) is 0 Å². The fourth-order valence-electron chi connectivity index (χ4n) is 3.78. The molecular weight excluding hydrogens is 397 g/mol. The number of hydrogen-bond acceptors (Lipinski definition) is 4. The summed E-state index contributed by atoms with van der Waals surface area (Å²) in [4.78, 5) is 27.5. The van der Waals surface area contributed by atoms with Gasteiger partial charge in [-0.2, -0.15) is 5.10 Å². The van der Waals surface area contributed by atoms with Gasteiger partial charge in [0.05, 0.1) is 18.4 Å². The van der Waals surface area contributed by atoms with E-state index in [1.54, 1.807) is 24.1 Å². The maximum atomic E-state index is 13.4. The minimum absolute atomic E-state index is 0.00333. The Morgan fingerprint density at radius 1 is 1.13 bits per heavy atom. The number of methoxy groups -OCH3 is 1. The van der Waals surface area contributed by atoms with Crippen molar-refractivity contribution in [2.75, 3.05) is 26.8 Å². The van der Waals surface area contributed by atoms with E-state index in [0.29, 0.717) is 19.6 Å². The Hall–Kier alpha value is -3.06. The van der Waals surface area contributed by atoms with Gasteiger partial charge in [0.2, 0.25) is 5.91 Å². The predicted molar refractivity (Wildman–Crippen MR) is 115 cm³/mol. The fraction of sp³-hybridized carbons (Fsp3) is 0.375. The summed E-state index contributed by atoms with van der Waals surface area (Å²) in [5, 5.41) is 6.09. The molecule has 0 bridgehead atoms. The van der Waals surface area contributed by atoms with E-state index < -0.39 is 0 Å². The Balaban J connectivity index is 1.58. The maximum Gasteiger partial charge on any atom is 0.262 e. The smallest absolute Gasteiger partial charge is 0.262 e. The molecule has 0 radical (unpaired) electrons. The molecular formula is C24H26FN3O3. The number of halogens is 1. The Morgan fingerprint density at radius 2 is 1.84 bits per heavy atom. The van der Waals surface area contributed by atoms with E-state index in [2.05, 4.69) is 5.10 Å². The molecule has 0 aromatic heterocycles. The van der Waals surface area contributed by atoms with Crippen molar-refractivity contribution >= 4 is 17.5 Å². The number of carbonyl (C=O) groups excluding carboxylic acids is 2. The lowest BCUT2D eigenvalue weighted by molar-refractivity contribution is -0.142. The van der Waals surface area contributed by atoms with Crippen LogP contribution in [-0.4, -0.2) is 54.2 Å². The van der Waals surface area contributed by atoms with Crippen LogP contribution in [0.2, 0.25) is 0 Å². The van der Waals surface area contributed by atoms with Crippen molar-refractivity contribution in [3.63, 3.8) is 0 Å². The summed E-state index contributed by atoms with van der Waals surface area (Å²) < 4.78 is 18.5. The summed E-state index contributed by atoms with van der Waals surface area (Å²) in [6, 6.07) is 15.6. The van der Waals surface area contributed by atoms with Gasteiger partial charge >= 0.3 is 0 Å². The molecule has 1 fully saturated rings. The second-order valence-corrected chi connectivity index (χ2v) is 7.95. The highest BCUT2D eigenvalue weighted by Crippen LogP contribution is 2.34. The van der Waals surface area contributed by atoms with Crippen molar-refractivity contribution in [2.45, 2.75) is 25.3 Å².